The smallest absolute Gasteiger partial charge is 0.338 e. The number of fused-ring (bicyclic) bond motifs is 1. The van der Waals surface area contributed by atoms with E-state index in [1.165, 1.54) is 38.6 Å². The molecule has 146 valence electrons. The Hall–Kier alpha value is -2.93. The zero-order valence-corrected chi connectivity index (χ0v) is 17.7. The molecule has 0 amide bonds. The molecule has 0 aliphatic carbocycles. The van der Waals surface area contributed by atoms with Gasteiger partial charge in [0.15, 0.2) is 0 Å². The van der Waals surface area contributed by atoms with E-state index in [1.54, 1.807) is 13.0 Å². The van der Waals surface area contributed by atoms with Crippen LogP contribution in [0.3, 0.4) is 0 Å². The Morgan fingerprint density at radius 3 is 2.72 bits per heavy atom. The number of carbonyl (C=O) groups excluding carboxylic acids is 1. The van der Waals surface area contributed by atoms with E-state index in [-0.39, 0.29) is 29.1 Å². The number of esters is 1. The van der Waals surface area contributed by atoms with E-state index in [9.17, 15) is 14.9 Å². The number of nitriles is 1. The van der Waals surface area contributed by atoms with Crippen LogP contribution in [0.1, 0.15) is 24.0 Å². The summed E-state index contributed by atoms with van der Waals surface area (Å²) >= 11 is 4.16. The topological polar surface area (TPSA) is 98.1 Å². The molecule has 0 spiro atoms. The number of carbonyl (C=O) groups is 1. The molecule has 2 N–H and O–H groups in total. The molecular formula is C20H15N3O3S3. The predicted octanol–water partition coefficient (Wildman–Crippen LogP) is 2.02. The SMILES string of the molecule is CCOC(=O)C1=c2sc(=Cc3ccsc3)c(=O)n2C(N)=C(C#N)[C@@H]1c1ccsc1. The van der Waals surface area contributed by atoms with Gasteiger partial charge >= 0.3 is 5.97 Å². The Balaban J connectivity index is 2.11. The van der Waals surface area contributed by atoms with Gasteiger partial charge in [0, 0.05) is 0 Å². The molecule has 9 heteroatoms. The first-order valence-electron chi connectivity index (χ1n) is 8.66. The second-order valence-electron chi connectivity index (χ2n) is 6.15. The third kappa shape index (κ3) is 3.25. The van der Waals surface area contributed by atoms with Crippen molar-refractivity contribution < 1.29 is 9.53 Å². The van der Waals surface area contributed by atoms with Crippen LogP contribution in [0.25, 0.3) is 17.5 Å². The van der Waals surface area contributed by atoms with Crippen LogP contribution in [0, 0.1) is 11.3 Å². The van der Waals surface area contributed by atoms with Crippen LogP contribution in [0.5, 0.6) is 0 Å². The molecule has 0 saturated heterocycles. The van der Waals surface area contributed by atoms with Gasteiger partial charge in [-0.05, 0) is 57.8 Å². The Kier molecular flexibility index (Phi) is 5.24. The standard InChI is InChI=1S/C20H15N3O3S3/c1-2-26-20(25)16-15(12-4-6-28-10-12)13(8-21)17(22)23-18(24)14(29-19(16)23)7-11-3-5-27-9-11/h3-7,9-10,15H,2,22H2,1H3/t15-/m0/s1. The van der Waals surface area contributed by atoms with Gasteiger partial charge in [0.05, 0.1) is 34.3 Å². The van der Waals surface area contributed by atoms with Gasteiger partial charge in [0.25, 0.3) is 5.56 Å². The van der Waals surface area contributed by atoms with Crippen molar-refractivity contribution in [1.82, 2.24) is 4.57 Å². The average Bonchev–Trinajstić information content (AvgIpc) is 3.45. The molecule has 6 nitrogen and oxygen atoms in total. The summed E-state index contributed by atoms with van der Waals surface area (Å²) in [5.74, 6) is -1.17. The van der Waals surface area contributed by atoms with Crippen LogP contribution in [0.4, 0.5) is 0 Å². The highest BCUT2D eigenvalue weighted by Gasteiger charge is 2.36. The van der Waals surface area contributed by atoms with Crippen molar-refractivity contribution in [2.24, 2.45) is 5.73 Å². The van der Waals surface area contributed by atoms with E-state index < -0.39 is 11.9 Å². The quantitative estimate of drug-likeness (QED) is 0.625. The Morgan fingerprint density at radius 1 is 1.34 bits per heavy atom. The molecule has 1 aliphatic heterocycles. The zero-order valence-electron chi connectivity index (χ0n) is 15.2. The Morgan fingerprint density at radius 2 is 2.10 bits per heavy atom. The molecule has 1 atom stereocenters. The molecule has 4 rings (SSSR count). The highest BCUT2D eigenvalue weighted by Crippen LogP contribution is 2.37. The lowest BCUT2D eigenvalue weighted by atomic mass is 9.85. The summed E-state index contributed by atoms with van der Waals surface area (Å²) in [6, 6.07) is 5.86. The molecule has 0 unspecified atom stereocenters. The van der Waals surface area contributed by atoms with Gasteiger partial charge in [-0.15, -0.1) is 11.3 Å². The van der Waals surface area contributed by atoms with Gasteiger partial charge in [-0.3, -0.25) is 9.36 Å². The minimum absolute atomic E-state index is 0.0537. The number of rotatable bonds is 4. The van der Waals surface area contributed by atoms with Crippen LogP contribution in [0.2, 0.25) is 0 Å². The molecular weight excluding hydrogens is 426 g/mol. The summed E-state index contributed by atoms with van der Waals surface area (Å²) in [6.07, 6.45) is 1.76. The lowest BCUT2D eigenvalue weighted by Gasteiger charge is -2.23. The van der Waals surface area contributed by atoms with Gasteiger partial charge in [0.1, 0.15) is 10.5 Å². The number of nitrogens with zero attached hydrogens (tertiary/aromatic N) is 2. The Bertz CT molecular complexity index is 1320. The lowest BCUT2D eigenvalue weighted by molar-refractivity contribution is -0.136. The average molecular weight is 442 g/mol. The molecule has 4 heterocycles. The molecule has 3 aromatic heterocycles. The third-order valence-corrected chi connectivity index (χ3v) is 6.99. The molecule has 0 radical (unpaired) electrons. The minimum Gasteiger partial charge on any atom is -0.463 e. The fraction of sp³-hybridized carbons (Fsp3) is 0.150. The summed E-state index contributed by atoms with van der Waals surface area (Å²) in [7, 11) is 0. The number of thiophene rings is 2. The number of allylic oxidation sites excluding steroid dienone is 1. The first-order valence-corrected chi connectivity index (χ1v) is 11.4. The molecule has 29 heavy (non-hydrogen) atoms. The maximum Gasteiger partial charge on any atom is 0.338 e. The monoisotopic (exact) mass is 441 g/mol. The predicted molar refractivity (Wildman–Crippen MR) is 116 cm³/mol. The number of hydrogen-bond acceptors (Lipinski definition) is 8. The second kappa shape index (κ2) is 7.83. The number of aromatic nitrogens is 1. The maximum absolute atomic E-state index is 13.1. The van der Waals surface area contributed by atoms with Gasteiger partial charge in [-0.1, -0.05) is 0 Å². The summed E-state index contributed by atoms with van der Waals surface area (Å²) < 4.78 is 7.39. The van der Waals surface area contributed by atoms with Crippen LogP contribution in [-0.4, -0.2) is 17.1 Å². The van der Waals surface area contributed by atoms with E-state index in [4.69, 9.17) is 10.5 Å². The lowest BCUT2D eigenvalue weighted by Crippen LogP contribution is -2.40. The van der Waals surface area contributed by atoms with Crippen molar-refractivity contribution in [2.75, 3.05) is 6.61 Å². The van der Waals surface area contributed by atoms with Crippen molar-refractivity contribution in [3.8, 4) is 6.07 Å². The number of nitrogens with two attached hydrogens (primary N) is 1. The van der Waals surface area contributed by atoms with Crippen LogP contribution in [-0.2, 0) is 9.53 Å². The number of thiazole rings is 1. The first-order chi connectivity index (χ1) is 14.1. The van der Waals surface area contributed by atoms with Crippen molar-refractivity contribution in [1.29, 1.82) is 5.26 Å². The normalized spacial score (nSPS) is 16.6. The van der Waals surface area contributed by atoms with Gasteiger partial charge in [-0.25, -0.2) is 4.79 Å². The van der Waals surface area contributed by atoms with Crippen LogP contribution in [0.15, 0.2) is 44.0 Å². The summed E-state index contributed by atoms with van der Waals surface area (Å²) in [4.78, 5) is 26.0. The van der Waals surface area contributed by atoms with E-state index >= 15 is 0 Å². The largest absolute Gasteiger partial charge is 0.463 e. The molecule has 0 saturated carbocycles. The number of hydrogen-bond donors (Lipinski definition) is 1. The van der Waals surface area contributed by atoms with E-state index in [2.05, 4.69) is 6.07 Å². The van der Waals surface area contributed by atoms with Crippen molar-refractivity contribution in [3.05, 3.63) is 69.9 Å². The molecule has 3 aromatic rings. The molecule has 0 fully saturated rings. The second-order valence-corrected chi connectivity index (χ2v) is 8.74. The van der Waals surface area contributed by atoms with Crippen LogP contribution < -0.4 is 20.5 Å². The summed E-state index contributed by atoms with van der Waals surface area (Å²) in [5.41, 5.74) is 8.02. The third-order valence-electron chi connectivity index (χ3n) is 4.48. The fourth-order valence-electron chi connectivity index (χ4n) is 3.23. The van der Waals surface area contributed by atoms with Crippen molar-refractivity contribution in [3.63, 3.8) is 0 Å². The summed E-state index contributed by atoms with van der Waals surface area (Å²) in [6.45, 7) is 1.90. The summed E-state index contributed by atoms with van der Waals surface area (Å²) in [5, 5.41) is 17.4. The van der Waals surface area contributed by atoms with Gasteiger partial charge < -0.3 is 10.5 Å². The first kappa shape index (κ1) is 19.4. The molecule has 1 aliphatic rings. The Labute approximate surface area is 177 Å². The molecule has 0 bridgehead atoms. The maximum atomic E-state index is 13.1. The highest BCUT2D eigenvalue weighted by atomic mass is 32.1. The minimum atomic E-state index is -0.669. The van der Waals surface area contributed by atoms with Crippen molar-refractivity contribution >= 4 is 57.4 Å². The van der Waals surface area contributed by atoms with Gasteiger partial charge in [0.2, 0.25) is 0 Å². The van der Waals surface area contributed by atoms with E-state index in [0.717, 1.165) is 11.1 Å². The highest BCUT2D eigenvalue weighted by molar-refractivity contribution is 7.08. The zero-order chi connectivity index (χ0) is 20.5. The molecule has 0 aromatic carbocycles. The van der Waals surface area contributed by atoms with Crippen LogP contribution >= 0.6 is 34.0 Å². The van der Waals surface area contributed by atoms with Gasteiger partial charge in [-0.2, -0.15) is 27.9 Å². The van der Waals surface area contributed by atoms with E-state index in [0.29, 0.717) is 9.20 Å². The van der Waals surface area contributed by atoms with E-state index in [1.807, 2.05) is 33.7 Å². The number of ether oxygens (including phenoxy) is 1. The van der Waals surface area contributed by atoms with Crippen molar-refractivity contribution in [2.45, 2.75) is 12.8 Å². The fourth-order valence-corrected chi connectivity index (χ4v) is 5.70.